The summed E-state index contributed by atoms with van der Waals surface area (Å²) in [6.45, 7) is 5.42. The molecule has 0 amide bonds. The maximum Gasteiger partial charge on any atom is 0.0253 e. The fourth-order valence-electron chi connectivity index (χ4n) is 0.724. The van der Waals surface area contributed by atoms with Crippen LogP contribution in [0.4, 0.5) is 0 Å². The fourth-order valence-corrected chi connectivity index (χ4v) is 0.724. The molecule has 1 saturated heterocycles. The monoisotopic (exact) mass is 203 g/mol. The number of nitrogens with zero attached hydrogens (tertiary/aromatic N) is 2. The Morgan fingerprint density at radius 2 is 1.89 bits per heavy atom. The van der Waals surface area contributed by atoms with E-state index in [0.717, 1.165) is 19.9 Å². The van der Waals surface area contributed by atoms with Crippen LogP contribution in [0.2, 0.25) is 0 Å². The molecule has 0 spiro atoms. The summed E-state index contributed by atoms with van der Waals surface area (Å²) in [5.74, 6) is 0. The van der Waals surface area contributed by atoms with Crippen molar-refractivity contribution in [3.05, 3.63) is 14.5 Å². The van der Waals surface area contributed by atoms with E-state index >= 15 is 0 Å². The zero-order valence-electron chi connectivity index (χ0n) is 6.30. The Kier molecular flexibility index (Phi) is 8.15. The van der Waals surface area contributed by atoms with Crippen LogP contribution in [0.5, 0.6) is 0 Å². The average molecular weight is 203 g/mol. The minimum absolute atomic E-state index is 0. The van der Waals surface area contributed by atoms with Crippen LogP contribution in [-0.4, -0.2) is 29.7 Å². The van der Waals surface area contributed by atoms with E-state index in [9.17, 15) is 0 Å². The van der Waals surface area contributed by atoms with Gasteiger partial charge in [0.1, 0.15) is 0 Å². The fraction of sp³-hybridized carbons (Fsp3) is 0.667. The van der Waals surface area contributed by atoms with Gasteiger partial charge in [-0.05, 0) is 6.54 Å². The molecule has 1 radical (unpaired) electrons. The molecular weight excluding hydrogens is 189 g/mol. The van der Waals surface area contributed by atoms with Gasteiger partial charge in [0.15, 0.2) is 0 Å². The largest absolute Gasteiger partial charge is 0.435 e. The molecule has 0 aliphatic carbocycles. The van der Waals surface area contributed by atoms with Gasteiger partial charge < -0.3 is 12.3 Å². The number of rotatable bonds is 1. The molecule has 53 valence electrons. The van der Waals surface area contributed by atoms with E-state index in [4.69, 9.17) is 0 Å². The van der Waals surface area contributed by atoms with Gasteiger partial charge in [0.25, 0.3) is 0 Å². The third kappa shape index (κ3) is 3.66. The van der Waals surface area contributed by atoms with Gasteiger partial charge in [-0.25, -0.2) is 0 Å². The summed E-state index contributed by atoms with van der Waals surface area (Å²) >= 11 is 0. The Hall–Kier alpha value is 1.02. The second kappa shape index (κ2) is 5.78. The smallest absolute Gasteiger partial charge is 0.0253 e. The third-order valence-electron chi connectivity index (χ3n) is 1.25. The molecular formula is C6H14N2Y-2. The molecule has 0 unspecified atom stereocenters. The molecule has 0 bridgehead atoms. The molecule has 1 aliphatic heterocycles. The SMILES string of the molecule is [CH2-]N1CN(CC)C1.[CH3-].[Y]. The van der Waals surface area contributed by atoms with E-state index in [1.54, 1.807) is 0 Å². The van der Waals surface area contributed by atoms with E-state index in [1.165, 1.54) is 0 Å². The summed E-state index contributed by atoms with van der Waals surface area (Å²) in [5, 5.41) is 0. The molecule has 0 saturated carbocycles. The summed E-state index contributed by atoms with van der Waals surface area (Å²) in [6.07, 6.45) is 0. The quantitative estimate of drug-likeness (QED) is 0.581. The van der Waals surface area contributed by atoms with Crippen LogP contribution in [0.3, 0.4) is 0 Å². The van der Waals surface area contributed by atoms with Gasteiger partial charge in [-0.2, -0.15) is 0 Å². The van der Waals surface area contributed by atoms with Crippen molar-refractivity contribution in [1.29, 1.82) is 0 Å². The van der Waals surface area contributed by atoms with Crippen molar-refractivity contribution in [3.8, 4) is 0 Å². The second-order valence-corrected chi connectivity index (χ2v) is 1.94. The normalized spacial score (nSPS) is 19.3. The summed E-state index contributed by atoms with van der Waals surface area (Å²) in [6, 6.07) is 0. The van der Waals surface area contributed by atoms with Gasteiger partial charge in [-0.15, -0.1) is 0 Å². The van der Waals surface area contributed by atoms with E-state index in [2.05, 4.69) is 18.9 Å². The van der Waals surface area contributed by atoms with Crippen molar-refractivity contribution in [3.63, 3.8) is 0 Å². The van der Waals surface area contributed by atoms with Crippen molar-refractivity contribution >= 4 is 0 Å². The first kappa shape index (κ1) is 12.7. The Morgan fingerprint density at radius 3 is 2.00 bits per heavy atom. The zero-order valence-corrected chi connectivity index (χ0v) is 9.14. The van der Waals surface area contributed by atoms with Gasteiger partial charge in [0.2, 0.25) is 0 Å². The van der Waals surface area contributed by atoms with Gasteiger partial charge in [0.05, 0.1) is 0 Å². The van der Waals surface area contributed by atoms with Crippen LogP contribution in [0.15, 0.2) is 0 Å². The van der Waals surface area contributed by atoms with Gasteiger partial charge in [-0.3, -0.25) is 11.9 Å². The minimum Gasteiger partial charge on any atom is -0.435 e. The molecule has 0 N–H and O–H groups in total. The molecule has 0 aromatic rings. The Balaban J connectivity index is 0. The molecule has 3 heteroatoms. The minimum atomic E-state index is 0. The van der Waals surface area contributed by atoms with Crippen molar-refractivity contribution in [2.75, 3.05) is 19.9 Å². The van der Waals surface area contributed by atoms with Crippen LogP contribution in [-0.2, 0) is 32.7 Å². The molecule has 0 aromatic heterocycles. The first-order valence-electron chi connectivity index (χ1n) is 2.60. The Morgan fingerprint density at radius 1 is 1.44 bits per heavy atom. The molecule has 1 fully saturated rings. The molecule has 0 atom stereocenters. The second-order valence-electron chi connectivity index (χ2n) is 1.94. The van der Waals surface area contributed by atoms with Gasteiger partial charge >= 0.3 is 0 Å². The van der Waals surface area contributed by atoms with Gasteiger partial charge in [0, 0.05) is 46.0 Å². The maximum atomic E-state index is 3.73. The summed E-state index contributed by atoms with van der Waals surface area (Å²) in [7, 11) is 3.73. The van der Waals surface area contributed by atoms with Crippen LogP contribution >= 0.6 is 0 Å². The Labute approximate surface area is 83.5 Å². The summed E-state index contributed by atoms with van der Waals surface area (Å²) in [4.78, 5) is 4.34. The predicted octanol–water partition coefficient (Wildman–Crippen LogP) is 0.778. The first-order valence-corrected chi connectivity index (χ1v) is 2.60. The predicted molar refractivity (Wildman–Crippen MR) is 35.7 cm³/mol. The molecule has 2 nitrogen and oxygen atoms in total. The molecule has 1 rings (SSSR count). The maximum absolute atomic E-state index is 3.73. The van der Waals surface area contributed by atoms with Crippen LogP contribution in [0, 0.1) is 14.5 Å². The average Bonchev–Trinajstić information content (AvgIpc) is 1.58. The first-order chi connectivity index (χ1) is 3.33. The zero-order chi connectivity index (χ0) is 5.28. The van der Waals surface area contributed by atoms with E-state index in [-0.39, 0.29) is 40.1 Å². The number of hydrogen-bond donors (Lipinski definition) is 0. The summed E-state index contributed by atoms with van der Waals surface area (Å²) < 4.78 is 0. The van der Waals surface area contributed by atoms with Crippen molar-refractivity contribution < 1.29 is 32.7 Å². The Bertz CT molecular complexity index is 62.1. The van der Waals surface area contributed by atoms with Gasteiger partial charge in [-0.1, -0.05) is 6.92 Å². The van der Waals surface area contributed by atoms with E-state index < -0.39 is 0 Å². The molecule has 9 heavy (non-hydrogen) atoms. The van der Waals surface area contributed by atoms with Crippen LogP contribution in [0.25, 0.3) is 0 Å². The molecule has 1 heterocycles. The topological polar surface area (TPSA) is 6.48 Å². The van der Waals surface area contributed by atoms with Crippen molar-refractivity contribution in [2.24, 2.45) is 0 Å². The van der Waals surface area contributed by atoms with E-state index in [1.807, 2.05) is 4.90 Å². The van der Waals surface area contributed by atoms with E-state index in [0.29, 0.717) is 0 Å². The third-order valence-corrected chi connectivity index (χ3v) is 1.25. The molecule has 0 aromatic carbocycles. The van der Waals surface area contributed by atoms with Crippen LogP contribution in [0.1, 0.15) is 6.92 Å². The van der Waals surface area contributed by atoms with Crippen molar-refractivity contribution in [1.82, 2.24) is 9.80 Å². The van der Waals surface area contributed by atoms with Crippen molar-refractivity contribution in [2.45, 2.75) is 6.92 Å². The van der Waals surface area contributed by atoms with Crippen LogP contribution < -0.4 is 0 Å². The standard InChI is InChI=1S/C5H11N2.CH3.Y/c1-3-7-4-6(2)5-7;;/h2-5H2,1H3;1H3;/q2*-1;. The molecule has 1 aliphatic rings. The summed E-state index contributed by atoms with van der Waals surface area (Å²) in [5.41, 5.74) is 0. The number of hydrogen-bond acceptors (Lipinski definition) is 2.